The quantitative estimate of drug-likeness (QED) is 0.321. The highest BCUT2D eigenvalue weighted by molar-refractivity contribution is 6.87. The van der Waals surface area contributed by atoms with Crippen LogP contribution < -0.4 is 0 Å². The molecular weight excluding hydrogens is 236 g/mol. The summed E-state index contributed by atoms with van der Waals surface area (Å²) >= 11 is 0. The summed E-state index contributed by atoms with van der Waals surface area (Å²) in [5, 5.41) is 0. The Balaban J connectivity index is 3.01. The SMILES string of the molecule is CC[Si](C#C[C@]1(C)CCC=C[C@@H]1C=O)(CC)CC. The van der Waals surface area contributed by atoms with E-state index in [0.29, 0.717) is 0 Å². The summed E-state index contributed by atoms with van der Waals surface area (Å²) in [4.78, 5) is 11.2. The third kappa shape index (κ3) is 3.14. The fourth-order valence-electron chi connectivity index (χ4n) is 2.64. The van der Waals surface area contributed by atoms with Gasteiger partial charge in [0, 0.05) is 11.3 Å². The highest BCUT2D eigenvalue weighted by atomic mass is 28.3. The molecule has 2 atom stereocenters. The molecule has 2 heteroatoms. The lowest BCUT2D eigenvalue weighted by molar-refractivity contribution is -0.112. The summed E-state index contributed by atoms with van der Waals surface area (Å²) in [5.74, 6) is 3.50. The second-order valence-electron chi connectivity index (χ2n) is 5.64. The van der Waals surface area contributed by atoms with Crippen LogP contribution in [0.1, 0.15) is 40.5 Å². The molecule has 1 rings (SSSR count). The summed E-state index contributed by atoms with van der Waals surface area (Å²) < 4.78 is 0. The Kier molecular flexibility index (Phi) is 5.41. The van der Waals surface area contributed by atoms with Crippen LogP contribution in [0.25, 0.3) is 0 Å². The van der Waals surface area contributed by atoms with Gasteiger partial charge in [0.1, 0.15) is 14.4 Å². The van der Waals surface area contributed by atoms with Gasteiger partial charge in [-0.15, -0.1) is 11.5 Å². The Labute approximate surface area is 113 Å². The predicted molar refractivity (Wildman–Crippen MR) is 81.0 cm³/mol. The van der Waals surface area contributed by atoms with Crippen LogP contribution in [-0.2, 0) is 4.79 Å². The number of carbonyl (C=O) groups is 1. The molecule has 0 heterocycles. The van der Waals surface area contributed by atoms with E-state index in [4.69, 9.17) is 0 Å². The van der Waals surface area contributed by atoms with Gasteiger partial charge in [0.15, 0.2) is 0 Å². The lowest BCUT2D eigenvalue weighted by atomic mass is 9.72. The lowest BCUT2D eigenvalue weighted by Gasteiger charge is -2.31. The molecule has 0 aromatic carbocycles. The average Bonchev–Trinajstić information content (AvgIpc) is 2.41. The van der Waals surface area contributed by atoms with E-state index in [1.807, 2.05) is 6.08 Å². The Morgan fingerprint density at radius 2 is 1.94 bits per heavy atom. The van der Waals surface area contributed by atoms with E-state index in [0.717, 1.165) is 19.1 Å². The minimum Gasteiger partial charge on any atom is -0.303 e. The second-order valence-corrected chi connectivity index (χ2v) is 10.6. The molecule has 1 aliphatic rings. The maximum absolute atomic E-state index is 11.2. The van der Waals surface area contributed by atoms with Crippen LogP contribution in [0, 0.1) is 22.8 Å². The standard InChI is InChI=1S/C16H26OSi/c1-5-18(6-2,7-3)13-12-16(4)11-9-8-10-15(16)14-17/h8,10,14-15H,5-7,9,11H2,1-4H3/t15-,16+/m1/s1. The number of aldehydes is 1. The number of carbonyl (C=O) groups excluding carboxylic acids is 1. The molecule has 1 nitrogen and oxygen atoms in total. The van der Waals surface area contributed by atoms with Crippen molar-refractivity contribution in [1.29, 1.82) is 0 Å². The first-order chi connectivity index (χ1) is 8.55. The van der Waals surface area contributed by atoms with Crippen molar-refractivity contribution in [1.82, 2.24) is 0 Å². The topological polar surface area (TPSA) is 17.1 Å². The molecule has 0 radical (unpaired) electrons. The molecular formula is C16H26OSi. The molecule has 100 valence electrons. The van der Waals surface area contributed by atoms with E-state index in [1.54, 1.807) is 0 Å². The first-order valence-corrected chi connectivity index (χ1v) is 9.84. The second kappa shape index (κ2) is 6.38. The molecule has 0 aromatic heterocycles. The Morgan fingerprint density at radius 1 is 1.33 bits per heavy atom. The van der Waals surface area contributed by atoms with Crippen LogP contribution in [0.3, 0.4) is 0 Å². The molecule has 0 N–H and O–H groups in total. The maximum atomic E-state index is 11.2. The zero-order chi connectivity index (χ0) is 13.6. The lowest BCUT2D eigenvalue weighted by Crippen LogP contribution is -2.32. The van der Waals surface area contributed by atoms with Gasteiger partial charge >= 0.3 is 0 Å². The van der Waals surface area contributed by atoms with Gasteiger partial charge in [0.2, 0.25) is 0 Å². The van der Waals surface area contributed by atoms with Gasteiger partial charge in [-0.05, 0) is 37.9 Å². The summed E-state index contributed by atoms with van der Waals surface area (Å²) in [5.41, 5.74) is 3.52. The van der Waals surface area contributed by atoms with Gasteiger partial charge in [0.05, 0.1) is 0 Å². The van der Waals surface area contributed by atoms with Crippen molar-refractivity contribution in [3.63, 3.8) is 0 Å². The van der Waals surface area contributed by atoms with Gasteiger partial charge in [-0.2, -0.15) is 0 Å². The average molecular weight is 262 g/mol. The third-order valence-electron chi connectivity index (χ3n) is 4.70. The normalized spacial score (nSPS) is 27.4. The Bertz CT molecular complexity index is 362. The van der Waals surface area contributed by atoms with Crippen LogP contribution in [-0.4, -0.2) is 14.4 Å². The van der Waals surface area contributed by atoms with E-state index in [1.165, 1.54) is 18.1 Å². The summed E-state index contributed by atoms with van der Waals surface area (Å²) in [7, 11) is -1.39. The zero-order valence-corrected chi connectivity index (χ0v) is 13.3. The van der Waals surface area contributed by atoms with E-state index >= 15 is 0 Å². The van der Waals surface area contributed by atoms with E-state index in [2.05, 4.69) is 45.2 Å². The molecule has 0 amide bonds. The van der Waals surface area contributed by atoms with Gasteiger partial charge in [-0.1, -0.05) is 32.9 Å². The summed E-state index contributed by atoms with van der Waals surface area (Å²) in [6, 6.07) is 3.68. The Hall–Kier alpha value is -0.813. The molecule has 0 fully saturated rings. The van der Waals surface area contributed by atoms with Crippen LogP contribution in [0.15, 0.2) is 12.2 Å². The number of allylic oxidation sites excluding steroid dienone is 2. The fourth-order valence-corrected chi connectivity index (χ4v) is 5.22. The largest absolute Gasteiger partial charge is 0.303 e. The number of hydrogen-bond donors (Lipinski definition) is 0. The first-order valence-electron chi connectivity index (χ1n) is 7.22. The summed E-state index contributed by atoms with van der Waals surface area (Å²) in [6.45, 7) is 8.97. The molecule has 1 aliphatic carbocycles. The molecule has 0 spiro atoms. The monoisotopic (exact) mass is 262 g/mol. The predicted octanol–water partition coefficient (Wildman–Crippen LogP) is 4.21. The fraction of sp³-hybridized carbons (Fsp3) is 0.688. The van der Waals surface area contributed by atoms with E-state index in [-0.39, 0.29) is 11.3 Å². The van der Waals surface area contributed by atoms with Crippen LogP contribution in [0.4, 0.5) is 0 Å². The van der Waals surface area contributed by atoms with Crippen molar-refractivity contribution in [3.8, 4) is 11.5 Å². The highest BCUT2D eigenvalue weighted by Crippen LogP contribution is 2.36. The van der Waals surface area contributed by atoms with E-state index in [9.17, 15) is 4.79 Å². The molecule has 0 aliphatic heterocycles. The molecule has 0 unspecified atom stereocenters. The number of rotatable bonds is 4. The third-order valence-corrected chi connectivity index (χ3v) is 9.42. The van der Waals surface area contributed by atoms with Crippen LogP contribution in [0.2, 0.25) is 18.1 Å². The molecule has 0 aromatic rings. The van der Waals surface area contributed by atoms with Crippen LogP contribution in [0.5, 0.6) is 0 Å². The molecule has 0 saturated carbocycles. The highest BCUT2D eigenvalue weighted by Gasteiger charge is 2.33. The van der Waals surface area contributed by atoms with Crippen molar-refractivity contribution in [2.24, 2.45) is 11.3 Å². The van der Waals surface area contributed by atoms with Gasteiger partial charge in [0.25, 0.3) is 0 Å². The minimum absolute atomic E-state index is 0.0176. The minimum atomic E-state index is -1.39. The van der Waals surface area contributed by atoms with Crippen molar-refractivity contribution < 1.29 is 4.79 Å². The van der Waals surface area contributed by atoms with Crippen molar-refractivity contribution in [3.05, 3.63) is 12.2 Å². The maximum Gasteiger partial charge on any atom is 0.137 e. The van der Waals surface area contributed by atoms with Gasteiger partial charge < -0.3 is 4.79 Å². The van der Waals surface area contributed by atoms with Crippen molar-refractivity contribution in [2.45, 2.75) is 58.7 Å². The van der Waals surface area contributed by atoms with Gasteiger partial charge in [-0.25, -0.2) is 0 Å². The van der Waals surface area contributed by atoms with Crippen LogP contribution >= 0.6 is 0 Å². The summed E-state index contributed by atoms with van der Waals surface area (Å²) in [6.07, 6.45) is 7.29. The van der Waals surface area contributed by atoms with Crippen molar-refractivity contribution >= 4 is 14.4 Å². The number of hydrogen-bond acceptors (Lipinski definition) is 1. The Morgan fingerprint density at radius 3 is 2.44 bits per heavy atom. The van der Waals surface area contributed by atoms with Gasteiger partial charge in [-0.3, -0.25) is 0 Å². The smallest absolute Gasteiger partial charge is 0.137 e. The van der Waals surface area contributed by atoms with Crippen molar-refractivity contribution in [2.75, 3.05) is 0 Å². The molecule has 0 saturated heterocycles. The molecule has 18 heavy (non-hydrogen) atoms. The van der Waals surface area contributed by atoms with E-state index < -0.39 is 8.07 Å². The molecule has 0 bridgehead atoms. The zero-order valence-electron chi connectivity index (χ0n) is 12.3. The first kappa shape index (κ1) is 15.2.